The van der Waals surface area contributed by atoms with Gasteiger partial charge in [-0.25, -0.2) is 4.98 Å². The van der Waals surface area contributed by atoms with Crippen molar-refractivity contribution in [1.29, 1.82) is 0 Å². The molecule has 1 saturated carbocycles. The number of piperidine rings is 1. The average Bonchev–Trinajstić information content (AvgIpc) is 3.31. The number of amides is 2. The van der Waals surface area contributed by atoms with Gasteiger partial charge in [-0.3, -0.25) is 9.59 Å². The van der Waals surface area contributed by atoms with Gasteiger partial charge in [-0.1, -0.05) is 30.7 Å². The van der Waals surface area contributed by atoms with Gasteiger partial charge in [0, 0.05) is 43.5 Å². The average molecular weight is 435 g/mol. The summed E-state index contributed by atoms with van der Waals surface area (Å²) < 4.78 is 0. The van der Waals surface area contributed by atoms with Crippen LogP contribution < -0.4 is 0 Å². The molecule has 2 saturated heterocycles. The number of pyridine rings is 1. The van der Waals surface area contributed by atoms with Crippen molar-refractivity contribution in [3.8, 4) is 0 Å². The van der Waals surface area contributed by atoms with Crippen LogP contribution in [0.25, 0.3) is 10.9 Å². The first-order valence-electron chi connectivity index (χ1n) is 12.4. The van der Waals surface area contributed by atoms with Gasteiger partial charge in [-0.05, 0) is 63.7 Å². The third-order valence-corrected chi connectivity index (χ3v) is 7.54. The van der Waals surface area contributed by atoms with E-state index in [9.17, 15) is 9.59 Å². The zero-order valence-electron chi connectivity index (χ0n) is 18.9. The van der Waals surface area contributed by atoms with Crippen molar-refractivity contribution in [1.82, 2.24) is 19.7 Å². The summed E-state index contributed by atoms with van der Waals surface area (Å²) in [6.07, 6.45) is 7.65. The molecule has 3 fully saturated rings. The zero-order chi connectivity index (χ0) is 21.9. The topological polar surface area (TPSA) is 56.8 Å². The number of hydrogen-bond donors (Lipinski definition) is 0. The molecule has 170 valence electrons. The van der Waals surface area contributed by atoms with Gasteiger partial charge < -0.3 is 14.7 Å². The van der Waals surface area contributed by atoms with Gasteiger partial charge >= 0.3 is 0 Å². The van der Waals surface area contributed by atoms with Gasteiger partial charge in [0.15, 0.2) is 0 Å². The Morgan fingerprint density at radius 1 is 0.938 bits per heavy atom. The van der Waals surface area contributed by atoms with Gasteiger partial charge in [0.25, 0.3) is 5.91 Å². The van der Waals surface area contributed by atoms with Gasteiger partial charge in [-0.15, -0.1) is 0 Å². The molecule has 3 aliphatic rings. The van der Waals surface area contributed by atoms with E-state index in [0.29, 0.717) is 18.1 Å². The van der Waals surface area contributed by atoms with Gasteiger partial charge in [0.2, 0.25) is 5.91 Å². The first-order valence-corrected chi connectivity index (χ1v) is 12.4. The summed E-state index contributed by atoms with van der Waals surface area (Å²) in [4.78, 5) is 37.8. The minimum Gasteiger partial charge on any atom is -0.336 e. The minimum absolute atomic E-state index is 0.0176. The molecule has 0 spiro atoms. The van der Waals surface area contributed by atoms with E-state index in [0.717, 1.165) is 69.3 Å². The summed E-state index contributed by atoms with van der Waals surface area (Å²) in [5.41, 5.74) is 1.34. The fraction of sp³-hybridized carbons (Fsp3) is 0.577. The molecule has 2 aliphatic heterocycles. The van der Waals surface area contributed by atoms with Crippen LogP contribution in [0.4, 0.5) is 0 Å². The molecule has 1 unspecified atom stereocenters. The van der Waals surface area contributed by atoms with Gasteiger partial charge in [0.1, 0.15) is 5.69 Å². The van der Waals surface area contributed by atoms with Crippen molar-refractivity contribution < 1.29 is 9.59 Å². The van der Waals surface area contributed by atoms with E-state index >= 15 is 0 Å². The second-order valence-corrected chi connectivity index (χ2v) is 9.64. The van der Waals surface area contributed by atoms with Crippen molar-refractivity contribution in [3.05, 3.63) is 42.1 Å². The van der Waals surface area contributed by atoms with Crippen LogP contribution in [0.2, 0.25) is 0 Å². The standard InChI is InChI=1S/C26H34N4O2/c31-25(21-8-5-9-21)30(18-17-28-14-3-4-15-28)22-10-6-16-29(19-22)26(32)24-13-12-20-7-1-2-11-23(20)27-24/h1-2,7,11-13,21-22H,3-6,8-10,14-19H2. The van der Waals surface area contributed by atoms with Crippen molar-refractivity contribution in [2.24, 2.45) is 5.92 Å². The summed E-state index contributed by atoms with van der Waals surface area (Å²) in [6.45, 7) is 5.39. The molecule has 3 heterocycles. The highest BCUT2D eigenvalue weighted by molar-refractivity contribution is 5.95. The Bertz CT molecular complexity index is 967. The third kappa shape index (κ3) is 4.51. The third-order valence-electron chi connectivity index (χ3n) is 7.54. The van der Waals surface area contributed by atoms with E-state index in [4.69, 9.17) is 0 Å². The molecule has 6 heteroatoms. The number of para-hydroxylation sites is 1. The maximum absolute atomic E-state index is 13.3. The Labute approximate surface area is 190 Å². The van der Waals surface area contributed by atoms with E-state index < -0.39 is 0 Å². The van der Waals surface area contributed by atoms with Crippen LogP contribution in [0.1, 0.15) is 55.4 Å². The maximum Gasteiger partial charge on any atom is 0.272 e. The molecular weight excluding hydrogens is 400 g/mol. The minimum atomic E-state index is -0.0176. The first-order chi connectivity index (χ1) is 15.7. The normalized spacial score (nSPS) is 22.1. The Morgan fingerprint density at radius 3 is 2.53 bits per heavy atom. The number of carbonyl (C=O) groups excluding carboxylic acids is 2. The van der Waals surface area contributed by atoms with Crippen molar-refractivity contribution in [3.63, 3.8) is 0 Å². The molecule has 5 rings (SSSR count). The molecule has 1 atom stereocenters. The Kier molecular flexibility index (Phi) is 6.39. The Hall–Kier alpha value is -2.47. The zero-order valence-corrected chi connectivity index (χ0v) is 18.9. The molecule has 2 amide bonds. The number of likely N-dealkylation sites (tertiary alicyclic amines) is 2. The second-order valence-electron chi connectivity index (χ2n) is 9.64. The van der Waals surface area contributed by atoms with Crippen LogP contribution in [-0.4, -0.2) is 76.8 Å². The number of nitrogens with zero attached hydrogens (tertiary/aromatic N) is 4. The maximum atomic E-state index is 13.3. The van der Waals surface area contributed by atoms with E-state index in [1.165, 1.54) is 19.3 Å². The van der Waals surface area contributed by atoms with Crippen LogP contribution in [-0.2, 0) is 4.79 Å². The molecule has 0 bridgehead atoms. The SMILES string of the molecule is O=C(c1ccc2ccccc2n1)N1CCCC(N(CCN2CCCC2)C(=O)C2CCC2)C1. The highest BCUT2D eigenvalue weighted by Crippen LogP contribution is 2.30. The molecule has 1 aromatic carbocycles. The summed E-state index contributed by atoms with van der Waals surface area (Å²) >= 11 is 0. The van der Waals surface area contributed by atoms with E-state index in [1.807, 2.05) is 41.3 Å². The smallest absolute Gasteiger partial charge is 0.272 e. The van der Waals surface area contributed by atoms with Crippen LogP contribution in [0, 0.1) is 5.92 Å². The van der Waals surface area contributed by atoms with E-state index in [1.54, 1.807) is 0 Å². The monoisotopic (exact) mass is 434 g/mol. The first kappa shape index (κ1) is 21.4. The lowest BCUT2D eigenvalue weighted by molar-refractivity contribution is -0.141. The fourth-order valence-electron chi connectivity index (χ4n) is 5.36. The largest absolute Gasteiger partial charge is 0.336 e. The highest BCUT2D eigenvalue weighted by atomic mass is 16.2. The summed E-state index contributed by atoms with van der Waals surface area (Å²) in [6, 6.07) is 11.8. The Balaban J connectivity index is 1.29. The number of hydrogen-bond acceptors (Lipinski definition) is 4. The lowest BCUT2D eigenvalue weighted by atomic mass is 9.83. The number of carbonyl (C=O) groups is 2. The second kappa shape index (κ2) is 9.57. The number of fused-ring (bicyclic) bond motifs is 1. The van der Waals surface area contributed by atoms with Crippen LogP contribution in [0.15, 0.2) is 36.4 Å². The van der Waals surface area contributed by atoms with Gasteiger partial charge in [0.05, 0.1) is 5.52 Å². The number of rotatable bonds is 6. The predicted molar refractivity (Wildman–Crippen MR) is 125 cm³/mol. The van der Waals surface area contributed by atoms with Gasteiger partial charge in [-0.2, -0.15) is 0 Å². The molecule has 6 nitrogen and oxygen atoms in total. The molecular formula is C26H34N4O2. The lowest BCUT2D eigenvalue weighted by Gasteiger charge is -2.42. The molecule has 32 heavy (non-hydrogen) atoms. The molecule has 0 N–H and O–H groups in total. The van der Waals surface area contributed by atoms with Crippen LogP contribution in [0.5, 0.6) is 0 Å². The molecule has 1 aliphatic carbocycles. The van der Waals surface area contributed by atoms with Crippen molar-refractivity contribution in [2.75, 3.05) is 39.3 Å². The molecule has 2 aromatic rings. The van der Waals surface area contributed by atoms with Crippen molar-refractivity contribution >= 4 is 22.7 Å². The number of aromatic nitrogens is 1. The summed E-state index contributed by atoms with van der Waals surface area (Å²) in [7, 11) is 0. The van der Waals surface area contributed by atoms with E-state index in [-0.39, 0.29) is 17.9 Å². The van der Waals surface area contributed by atoms with Crippen molar-refractivity contribution in [2.45, 2.75) is 51.0 Å². The van der Waals surface area contributed by atoms with E-state index in [2.05, 4.69) is 14.8 Å². The quantitative estimate of drug-likeness (QED) is 0.698. The Morgan fingerprint density at radius 2 is 1.75 bits per heavy atom. The summed E-state index contributed by atoms with van der Waals surface area (Å²) in [5, 5.41) is 1.04. The predicted octanol–water partition coefficient (Wildman–Crippen LogP) is 3.56. The molecule has 1 aromatic heterocycles. The fourth-order valence-corrected chi connectivity index (χ4v) is 5.36. The molecule has 0 radical (unpaired) electrons. The lowest BCUT2D eigenvalue weighted by Crippen LogP contribution is -2.55. The highest BCUT2D eigenvalue weighted by Gasteiger charge is 2.36. The van der Waals surface area contributed by atoms with Crippen LogP contribution in [0.3, 0.4) is 0 Å². The summed E-state index contributed by atoms with van der Waals surface area (Å²) in [5.74, 6) is 0.497. The van der Waals surface area contributed by atoms with Crippen LogP contribution >= 0.6 is 0 Å². The number of benzene rings is 1.